The fourth-order valence-corrected chi connectivity index (χ4v) is 2.24. The highest BCUT2D eigenvalue weighted by Gasteiger charge is 2.22. The van der Waals surface area contributed by atoms with Gasteiger partial charge in [0.1, 0.15) is 13.2 Å². The van der Waals surface area contributed by atoms with Crippen LogP contribution in [0.4, 0.5) is 0 Å². The van der Waals surface area contributed by atoms with E-state index in [0.717, 1.165) is 23.5 Å². The van der Waals surface area contributed by atoms with Crippen LogP contribution in [0.2, 0.25) is 0 Å². The van der Waals surface area contributed by atoms with Gasteiger partial charge in [0.05, 0.1) is 6.04 Å². The second-order valence-electron chi connectivity index (χ2n) is 5.52. The van der Waals surface area contributed by atoms with Gasteiger partial charge in [-0.25, -0.2) is 0 Å². The molecule has 1 aromatic rings. The van der Waals surface area contributed by atoms with Crippen LogP contribution in [0.1, 0.15) is 38.8 Å². The van der Waals surface area contributed by atoms with Crippen molar-refractivity contribution in [2.24, 2.45) is 11.7 Å². The van der Waals surface area contributed by atoms with Crippen molar-refractivity contribution in [3.63, 3.8) is 0 Å². The molecule has 6 heteroatoms. The predicted octanol–water partition coefficient (Wildman–Crippen LogP) is 2.43. The van der Waals surface area contributed by atoms with Crippen LogP contribution in [-0.2, 0) is 4.79 Å². The Balaban J connectivity index is 0.00000242. The van der Waals surface area contributed by atoms with E-state index in [1.165, 1.54) is 0 Å². The lowest BCUT2D eigenvalue weighted by Gasteiger charge is -2.24. The van der Waals surface area contributed by atoms with Crippen LogP contribution < -0.4 is 20.5 Å². The van der Waals surface area contributed by atoms with Crippen LogP contribution in [-0.4, -0.2) is 25.2 Å². The fourth-order valence-electron chi connectivity index (χ4n) is 2.24. The van der Waals surface area contributed by atoms with Gasteiger partial charge in [0.25, 0.3) is 0 Å². The number of nitrogens with one attached hydrogen (secondary N) is 1. The Morgan fingerprint density at radius 1 is 1.27 bits per heavy atom. The molecule has 1 aliphatic rings. The van der Waals surface area contributed by atoms with Crippen molar-refractivity contribution in [3.8, 4) is 11.5 Å². The third kappa shape index (κ3) is 4.27. The van der Waals surface area contributed by atoms with Gasteiger partial charge in [-0.2, -0.15) is 0 Å². The summed E-state index contributed by atoms with van der Waals surface area (Å²) in [5.74, 6) is 1.27. The number of carbonyl (C=O) groups excluding carboxylic acids is 1. The van der Waals surface area contributed by atoms with Gasteiger partial charge in [0.2, 0.25) is 5.91 Å². The molecule has 5 nitrogen and oxygen atoms in total. The summed E-state index contributed by atoms with van der Waals surface area (Å²) in [5.41, 5.74) is 6.81. The van der Waals surface area contributed by atoms with Crippen molar-refractivity contribution in [3.05, 3.63) is 23.8 Å². The van der Waals surface area contributed by atoms with Crippen molar-refractivity contribution < 1.29 is 14.3 Å². The second kappa shape index (κ2) is 8.25. The second-order valence-corrected chi connectivity index (χ2v) is 5.52. The Bertz CT molecular complexity index is 508. The number of carbonyl (C=O) groups is 1. The molecule has 0 bridgehead atoms. The summed E-state index contributed by atoms with van der Waals surface area (Å²) in [6.45, 7) is 6.86. The fraction of sp³-hybridized carbons (Fsp3) is 0.562. The third-order valence-corrected chi connectivity index (χ3v) is 3.90. The molecule has 0 fully saturated rings. The van der Waals surface area contributed by atoms with Crippen molar-refractivity contribution in [2.75, 3.05) is 13.2 Å². The first-order chi connectivity index (χ1) is 10.0. The minimum absolute atomic E-state index is 0. The van der Waals surface area contributed by atoms with Gasteiger partial charge in [0, 0.05) is 12.0 Å². The topological polar surface area (TPSA) is 73.6 Å². The number of fused-ring (bicyclic) bond motifs is 1. The van der Waals surface area contributed by atoms with E-state index in [1.807, 2.05) is 39.0 Å². The van der Waals surface area contributed by atoms with E-state index in [4.69, 9.17) is 15.2 Å². The monoisotopic (exact) mass is 328 g/mol. The van der Waals surface area contributed by atoms with Crippen LogP contribution in [0.15, 0.2) is 18.2 Å². The van der Waals surface area contributed by atoms with E-state index in [1.54, 1.807) is 0 Å². The molecule has 2 rings (SSSR count). The molecule has 3 unspecified atom stereocenters. The maximum Gasteiger partial charge on any atom is 0.224 e. The van der Waals surface area contributed by atoms with E-state index in [-0.39, 0.29) is 36.3 Å². The summed E-state index contributed by atoms with van der Waals surface area (Å²) >= 11 is 0. The van der Waals surface area contributed by atoms with E-state index < -0.39 is 0 Å². The largest absolute Gasteiger partial charge is 0.486 e. The summed E-state index contributed by atoms with van der Waals surface area (Å²) in [6, 6.07) is 5.60. The number of nitrogens with two attached hydrogens (primary N) is 1. The number of benzene rings is 1. The van der Waals surface area contributed by atoms with Gasteiger partial charge >= 0.3 is 0 Å². The normalized spacial score (nSPS) is 16.9. The molecule has 3 N–H and O–H groups in total. The summed E-state index contributed by atoms with van der Waals surface area (Å²) < 4.78 is 11.1. The summed E-state index contributed by atoms with van der Waals surface area (Å²) in [4.78, 5) is 12.2. The minimum Gasteiger partial charge on any atom is -0.486 e. The van der Waals surface area contributed by atoms with E-state index in [9.17, 15) is 4.79 Å². The van der Waals surface area contributed by atoms with Gasteiger partial charge in [-0.05, 0) is 31.0 Å². The zero-order valence-electron chi connectivity index (χ0n) is 13.3. The van der Waals surface area contributed by atoms with Crippen LogP contribution in [0.25, 0.3) is 0 Å². The van der Waals surface area contributed by atoms with Crippen molar-refractivity contribution in [1.82, 2.24) is 5.32 Å². The third-order valence-electron chi connectivity index (χ3n) is 3.90. The average molecular weight is 329 g/mol. The average Bonchev–Trinajstić information content (AvgIpc) is 2.51. The Kier molecular flexibility index (Phi) is 6.97. The highest BCUT2D eigenvalue weighted by Crippen LogP contribution is 2.33. The molecule has 1 aliphatic heterocycles. The number of amides is 1. The number of hydrogen-bond donors (Lipinski definition) is 2. The van der Waals surface area contributed by atoms with Crippen molar-refractivity contribution >= 4 is 18.3 Å². The quantitative estimate of drug-likeness (QED) is 0.870. The first-order valence-corrected chi connectivity index (χ1v) is 7.48. The Labute approximate surface area is 138 Å². The van der Waals surface area contributed by atoms with Gasteiger partial charge in [-0.15, -0.1) is 12.4 Å². The number of hydrogen-bond acceptors (Lipinski definition) is 4. The zero-order chi connectivity index (χ0) is 15.4. The van der Waals surface area contributed by atoms with E-state index >= 15 is 0 Å². The lowest BCUT2D eigenvalue weighted by Crippen LogP contribution is -2.40. The van der Waals surface area contributed by atoms with Crippen LogP contribution in [0.3, 0.4) is 0 Å². The molecule has 22 heavy (non-hydrogen) atoms. The van der Waals surface area contributed by atoms with Gasteiger partial charge < -0.3 is 20.5 Å². The minimum atomic E-state index is -0.212. The highest BCUT2D eigenvalue weighted by molar-refractivity contribution is 5.85. The van der Waals surface area contributed by atoms with Crippen LogP contribution in [0, 0.1) is 5.92 Å². The molecule has 0 saturated heterocycles. The number of rotatable bonds is 5. The molecule has 0 radical (unpaired) electrons. The molecule has 1 aromatic carbocycles. The Hall–Kier alpha value is -1.46. The molecule has 124 valence electrons. The lowest BCUT2D eigenvalue weighted by atomic mass is 10.00. The molecule has 1 heterocycles. The van der Waals surface area contributed by atoms with Crippen LogP contribution in [0.5, 0.6) is 11.5 Å². The molecule has 0 spiro atoms. The molecular formula is C16H25ClN2O3. The zero-order valence-corrected chi connectivity index (χ0v) is 14.1. The standard InChI is InChI=1S/C16H24N2O3.ClH/c1-4-13(18-16(19)10(2)11(3)17)12-5-6-14-15(9-12)21-8-7-20-14;/h5-6,9-11,13H,4,7-8,17H2,1-3H3,(H,18,19);1H. The summed E-state index contributed by atoms with van der Waals surface area (Å²) in [5, 5.41) is 3.06. The Morgan fingerprint density at radius 2 is 1.91 bits per heavy atom. The van der Waals surface area contributed by atoms with E-state index in [2.05, 4.69) is 5.32 Å². The lowest BCUT2D eigenvalue weighted by molar-refractivity contribution is -0.125. The molecular weight excluding hydrogens is 304 g/mol. The summed E-state index contributed by atoms with van der Waals surface area (Å²) in [6.07, 6.45) is 0.803. The molecule has 0 saturated carbocycles. The Morgan fingerprint density at radius 3 is 2.50 bits per heavy atom. The maximum absolute atomic E-state index is 12.2. The molecule has 0 aromatic heterocycles. The molecule has 0 aliphatic carbocycles. The summed E-state index contributed by atoms with van der Waals surface area (Å²) in [7, 11) is 0. The molecule has 1 amide bonds. The van der Waals surface area contributed by atoms with Gasteiger partial charge in [0.15, 0.2) is 11.5 Å². The smallest absolute Gasteiger partial charge is 0.224 e. The predicted molar refractivity (Wildman–Crippen MR) is 88.7 cm³/mol. The SMILES string of the molecule is CCC(NC(=O)C(C)C(C)N)c1ccc2c(c1)OCCO2.Cl. The number of ether oxygens (including phenoxy) is 2. The molecule has 3 atom stereocenters. The highest BCUT2D eigenvalue weighted by atomic mass is 35.5. The van der Waals surface area contributed by atoms with Gasteiger partial charge in [-0.1, -0.05) is 19.9 Å². The van der Waals surface area contributed by atoms with Crippen molar-refractivity contribution in [1.29, 1.82) is 0 Å². The van der Waals surface area contributed by atoms with Crippen LogP contribution >= 0.6 is 12.4 Å². The van der Waals surface area contributed by atoms with Gasteiger partial charge in [-0.3, -0.25) is 4.79 Å². The first-order valence-electron chi connectivity index (χ1n) is 7.48. The van der Waals surface area contributed by atoms with E-state index in [0.29, 0.717) is 13.2 Å². The number of halogens is 1. The first kappa shape index (κ1) is 18.6. The maximum atomic E-state index is 12.2. The van der Waals surface area contributed by atoms with Crippen molar-refractivity contribution in [2.45, 2.75) is 39.3 Å².